The third-order valence-electron chi connectivity index (χ3n) is 6.10. The van der Waals surface area contributed by atoms with Gasteiger partial charge in [0.05, 0.1) is 16.2 Å². The van der Waals surface area contributed by atoms with E-state index < -0.39 is 50.6 Å². The van der Waals surface area contributed by atoms with Gasteiger partial charge in [0, 0.05) is 13.5 Å². The van der Waals surface area contributed by atoms with Gasteiger partial charge in [-0.1, -0.05) is 19.1 Å². The molecule has 0 spiro atoms. The number of benzene rings is 2. The van der Waals surface area contributed by atoms with Gasteiger partial charge in [0.25, 0.3) is 5.89 Å². The number of amides is 2. The lowest BCUT2D eigenvalue weighted by Crippen LogP contribution is -2.50. The maximum absolute atomic E-state index is 13.3. The number of sulfone groups is 1. The molecule has 1 unspecified atom stereocenters. The molecular formula is C24H24FN3O6S. The molecule has 1 aliphatic rings. The van der Waals surface area contributed by atoms with Crippen LogP contribution in [0.25, 0.3) is 11.1 Å². The molecule has 0 bridgehead atoms. The lowest BCUT2D eigenvalue weighted by Gasteiger charge is -2.24. The predicted molar refractivity (Wildman–Crippen MR) is 124 cm³/mol. The Balaban J connectivity index is 1.53. The van der Waals surface area contributed by atoms with E-state index in [0.717, 1.165) is 24.3 Å². The molecular weight excluding hydrogens is 477 g/mol. The quantitative estimate of drug-likeness (QED) is 0.389. The van der Waals surface area contributed by atoms with Crippen LogP contribution in [0.3, 0.4) is 0 Å². The highest BCUT2D eigenvalue weighted by atomic mass is 32.2. The van der Waals surface area contributed by atoms with Gasteiger partial charge in [-0.2, -0.15) is 0 Å². The Morgan fingerprint density at radius 1 is 1.17 bits per heavy atom. The number of carbonyl (C=O) groups is 3. The maximum Gasteiger partial charge on any atom is 0.266 e. The van der Waals surface area contributed by atoms with Crippen molar-refractivity contribution in [3.8, 4) is 0 Å². The first-order valence-electron chi connectivity index (χ1n) is 11.1. The molecule has 11 heteroatoms. The van der Waals surface area contributed by atoms with Gasteiger partial charge in [0.15, 0.2) is 15.4 Å². The minimum absolute atomic E-state index is 0.0916. The number of ketones is 1. The second kappa shape index (κ2) is 9.57. The average Bonchev–Trinajstić information content (AvgIpc) is 3.48. The van der Waals surface area contributed by atoms with E-state index in [1.165, 1.54) is 11.8 Å². The van der Waals surface area contributed by atoms with Crippen molar-refractivity contribution in [2.45, 2.75) is 48.9 Å². The number of rotatable bonds is 7. The Labute approximate surface area is 201 Å². The summed E-state index contributed by atoms with van der Waals surface area (Å²) < 4.78 is 44.9. The summed E-state index contributed by atoms with van der Waals surface area (Å²) in [6.45, 7) is 2.75. The Hall–Kier alpha value is -3.60. The molecule has 1 aromatic heterocycles. The SMILES string of the molecule is CCC(NC(=O)[C@@H]1C[C@@H](S(=O)(=O)c2ccc(F)cc2)CN1C(C)=O)C(=O)c1nc2ccccc2o1. The first-order chi connectivity index (χ1) is 16.6. The van der Waals surface area contributed by atoms with Gasteiger partial charge >= 0.3 is 0 Å². The first-order valence-corrected chi connectivity index (χ1v) is 12.6. The van der Waals surface area contributed by atoms with Gasteiger partial charge in [-0.05, 0) is 49.2 Å². The highest BCUT2D eigenvalue weighted by Crippen LogP contribution is 2.29. The molecule has 9 nitrogen and oxygen atoms in total. The lowest BCUT2D eigenvalue weighted by atomic mass is 10.1. The lowest BCUT2D eigenvalue weighted by molar-refractivity contribution is -0.137. The number of hydrogen-bond donors (Lipinski definition) is 1. The van der Waals surface area contributed by atoms with Crippen molar-refractivity contribution < 1.29 is 31.6 Å². The number of carbonyl (C=O) groups excluding carboxylic acids is 3. The van der Waals surface area contributed by atoms with Gasteiger partial charge in [0.1, 0.15) is 17.4 Å². The summed E-state index contributed by atoms with van der Waals surface area (Å²) in [5.74, 6) is -2.37. The summed E-state index contributed by atoms with van der Waals surface area (Å²) in [6, 6.07) is 9.19. The van der Waals surface area contributed by atoms with Crippen LogP contribution >= 0.6 is 0 Å². The summed E-state index contributed by atoms with van der Waals surface area (Å²) in [6.07, 6.45) is 0.0754. The minimum atomic E-state index is -3.93. The van der Waals surface area contributed by atoms with E-state index in [9.17, 15) is 27.2 Å². The highest BCUT2D eigenvalue weighted by molar-refractivity contribution is 7.92. The van der Waals surface area contributed by atoms with Crippen LogP contribution in [-0.4, -0.2) is 59.8 Å². The largest absolute Gasteiger partial charge is 0.434 e. The number of oxazole rings is 1. The standard InChI is InChI=1S/C24H24FN3O6S/c1-3-18(22(30)24-27-19-6-4-5-7-21(19)34-24)26-23(31)20-12-17(13-28(20)14(2)29)35(32,33)16-10-8-15(25)9-11-16/h4-11,17-18,20H,3,12-13H2,1-2H3,(H,26,31)/t17-,18?,20+/m1/s1. The molecule has 4 rings (SSSR count). The third kappa shape index (κ3) is 4.81. The normalized spacial score (nSPS) is 19.0. The van der Waals surface area contributed by atoms with Crippen LogP contribution in [0.2, 0.25) is 0 Å². The van der Waals surface area contributed by atoms with Crippen molar-refractivity contribution in [3.05, 3.63) is 60.2 Å². The molecule has 1 fully saturated rings. The highest BCUT2D eigenvalue weighted by Gasteiger charge is 2.45. The van der Waals surface area contributed by atoms with E-state index in [0.29, 0.717) is 11.1 Å². The summed E-state index contributed by atoms with van der Waals surface area (Å²) in [5.41, 5.74) is 0.939. The van der Waals surface area contributed by atoms with Crippen molar-refractivity contribution in [2.75, 3.05) is 6.54 Å². The zero-order valence-corrected chi connectivity index (χ0v) is 19.9. The predicted octanol–water partition coefficient (Wildman–Crippen LogP) is 2.51. The second-order valence-electron chi connectivity index (χ2n) is 8.36. The summed E-state index contributed by atoms with van der Waals surface area (Å²) in [4.78, 5) is 43.6. The van der Waals surface area contributed by atoms with Crippen molar-refractivity contribution in [1.29, 1.82) is 0 Å². The van der Waals surface area contributed by atoms with Crippen LogP contribution in [0.4, 0.5) is 4.39 Å². The Morgan fingerprint density at radius 2 is 1.86 bits per heavy atom. The molecule has 0 saturated carbocycles. The molecule has 2 heterocycles. The summed E-state index contributed by atoms with van der Waals surface area (Å²) >= 11 is 0. The molecule has 0 aliphatic carbocycles. The van der Waals surface area contributed by atoms with E-state index in [2.05, 4.69) is 10.3 Å². The van der Waals surface area contributed by atoms with Crippen LogP contribution in [0.1, 0.15) is 37.4 Å². The van der Waals surface area contributed by atoms with Crippen molar-refractivity contribution in [1.82, 2.24) is 15.2 Å². The second-order valence-corrected chi connectivity index (χ2v) is 10.6. The van der Waals surface area contributed by atoms with Gasteiger partial charge in [-0.3, -0.25) is 14.4 Å². The summed E-state index contributed by atoms with van der Waals surface area (Å²) in [7, 11) is -3.93. The van der Waals surface area contributed by atoms with Crippen LogP contribution in [0, 0.1) is 5.82 Å². The topological polar surface area (TPSA) is 127 Å². The zero-order valence-electron chi connectivity index (χ0n) is 19.1. The van der Waals surface area contributed by atoms with Gasteiger partial charge in [-0.15, -0.1) is 0 Å². The molecule has 35 heavy (non-hydrogen) atoms. The average molecular weight is 502 g/mol. The fraction of sp³-hybridized carbons (Fsp3) is 0.333. The van der Waals surface area contributed by atoms with Crippen molar-refractivity contribution in [2.24, 2.45) is 0 Å². The number of para-hydroxylation sites is 2. The van der Waals surface area contributed by atoms with E-state index in [1.807, 2.05) is 0 Å². The monoisotopic (exact) mass is 501 g/mol. The van der Waals surface area contributed by atoms with E-state index in [1.54, 1.807) is 31.2 Å². The fourth-order valence-electron chi connectivity index (χ4n) is 4.18. The Morgan fingerprint density at radius 3 is 2.49 bits per heavy atom. The van der Waals surface area contributed by atoms with Crippen molar-refractivity contribution >= 4 is 38.5 Å². The number of nitrogens with one attached hydrogen (secondary N) is 1. The van der Waals surface area contributed by atoms with Gasteiger partial charge < -0.3 is 14.6 Å². The van der Waals surface area contributed by atoms with Gasteiger partial charge in [0.2, 0.25) is 17.6 Å². The Bertz CT molecular complexity index is 1350. The number of Topliss-reactive ketones (excluding diaryl/α,β-unsaturated/α-hetero) is 1. The molecule has 1 N–H and O–H groups in total. The molecule has 1 saturated heterocycles. The van der Waals surface area contributed by atoms with Crippen LogP contribution < -0.4 is 5.32 Å². The van der Waals surface area contributed by atoms with E-state index in [4.69, 9.17) is 4.42 Å². The zero-order chi connectivity index (χ0) is 25.3. The van der Waals surface area contributed by atoms with Gasteiger partial charge in [-0.25, -0.2) is 17.8 Å². The number of hydrogen-bond acceptors (Lipinski definition) is 7. The number of nitrogens with zero attached hydrogens (tertiary/aromatic N) is 2. The first kappa shape index (κ1) is 24.5. The third-order valence-corrected chi connectivity index (χ3v) is 8.25. The Kier molecular flexibility index (Phi) is 6.70. The van der Waals surface area contributed by atoms with Crippen LogP contribution in [0.15, 0.2) is 57.8 Å². The van der Waals surface area contributed by atoms with E-state index in [-0.39, 0.29) is 30.2 Å². The number of aromatic nitrogens is 1. The fourth-order valence-corrected chi connectivity index (χ4v) is 5.88. The molecule has 2 aromatic carbocycles. The maximum atomic E-state index is 13.3. The molecule has 3 atom stereocenters. The molecule has 1 aliphatic heterocycles. The number of fused-ring (bicyclic) bond motifs is 1. The molecule has 3 aromatic rings. The molecule has 2 amide bonds. The van der Waals surface area contributed by atoms with Crippen LogP contribution in [0.5, 0.6) is 0 Å². The molecule has 0 radical (unpaired) electrons. The van der Waals surface area contributed by atoms with Crippen molar-refractivity contribution in [3.63, 3.8) is 0 Å². The molecule has 184 valence electrons. The van der Waals surface area contributed by atoms with E-state index >= 15 is 0 Å². The summed E-state index contributed by atoms with van der Waals surface area (Å²) in [5, 5.41) is 1.57. The van der Waals surface area contributed by atoms with Crippen LogP contribution in [-0.2, 0) is 19.4 Å². The number of likely N-dealkylation sites (tertiary alicyclic amines) is 1. The minimum Gasteiger partial charge on any atom is -0.434 e. The smallest absolute Gasteiger partial charge is 0.266 e. The number of halogens is 1.